The number of nitrogens with two attached hydrogens (primary N) is 1. The number of nitro groups is 1. The minimum absolute atomic E-state index is 0.1000. The van der Waals surface area contributed by atoms with Crippen molar-refractivity contribution in [3.8, 4) is 0 Å². The van der Waals surface area contributed by atoms with E-state index in [1.165, 1.54) is 0 Å². The van der Waals surface area contributed by atoms with Crippen molar-refractivity contribution in [3.63, 3.8) is 0 Å². The molecular formula is C8H9BrN2O2. The van der Waals surface area contributed by atoms with Gasteiger partial charge in [-0.15, -0.1) is 0 Å². The standard InChI is InChI=1S/C8H9BrN2O2/c1-5-2-3-6(4-10)7(9)8(5)11(12)13/h2-3H,4,10H2,1H3. The Balaban J connectivity index is 3.38. The van der Waals surface area contributed by atoms with Gasteiger partial charge in [-0.1, -0.05) is 12.1 Å². The Morgan fingerprint density at radius 3 is 2.69 bits per heavy atom. The van der Waals surface area contributed by atoms with Crippen LogP contribution in [0.4, 0.5) is 5.69 Å². The number of nitro benzene ring substituents is 1. The first-order valence-corrected chi connectivity index (χ1v) is 4.49. The molecule has 0 aliphatic carbocycles. The van der Waals surface area contributed by atoms with E-state index in [2.05, 4.69) is 15.9 Å². The highest BCUT2D eigenvalue weighted by Gasteiger charge is 2.17. The van der Waals surface area contributed by atoms with E-state index in [1.807, 2.05) is 0 Å². The number of halogens is 1. The zero-order valence-corrected chi connectivity index (χ0v) is 8.67. The van der Waals surface area contributed by atoms with Crippen molar-refractivity contribution in [3.05, 3.63) is 37.8 Å². The van der Waals surface area contributed by atoms with Gasteiger partial charge in [0.05, 0.1) is 9.40 Å². The van der Waals surface area contributed by atoms with Crippen LogP contribution < -0.4 is 5.73 Å². The molecule has 2 N–H and O–H groups in total. The van der Waals surface area contributed by atoms with Crippen LogP contribution in [0.5, 0.6) is 0 Å². The van der Waals surface area contributed by atoms with E-state index in [-0.39, 0.29) is 5.69 Å². The third-order valence-electron chi connectivity index (χ3n) is 1.80. The first kappa shape index (κ1) is 10.1. The van der Waals surface area contributed by atoms with Gasteiger partial charge in [-0.25, -0.2) is 0 Å². The molecular weight excluding hydrogens is 236 g/mol. The molecule has 1 rings (SSSR count). The lowest BCUT2D eigenvalue weighted by Crippen LogP contribution is -2.01. The van der Waals surface area contributed by atoms with Crippen molar-refractivity contribution >= 4 is 21.6 Å². The fourth-order valence-electron chi connectivity index (χ4n) is 1.08. The quantitative estimate of drug-likeness (QED) is 0.640. The summed E-state index contributed by atoms with van der Waals surface area (Å²) in [6.07, 6.45) is 0. The van der Waals surface area contributed by atoms with Crippen LogP contribution in [0, 0.1) is 17.0 Å². The second-order valence-electron chi connectivity index (χ2n) is 2.67. The maximum atomic E-state index is 10.6. The fraction of sp³-hybridized carbons (Fsp3) is 0.250. The summed E-state index contributed by atoms with van der Waals surface area (Å²) in [6, 6.07) is 3.48. The number of hydrogen-bond donors (Lipinski definition) is 1. The molecule has 0 aliphatic rings. The SMILES string of the molecule is Cc1ccc(CN)c(Br)c1[N+](=O)[O-]. The molecule has 4 nitrogen and oxygen atoms in total. The molecule has 0 spiro atoms. The molecule has 0 fully saturated rings. The Labute approximate surface area is 84.0 Å². The average Bonchev–Trinajstić information content (AvgIpc) is 2.04. The number of aryl methyl sites for hydroxylation is 1. The molecule has 0 saturated heterocycles. The lowest BCUT2D eigenvalue weighted by Gasteiger charge is -2.04. The summed E-state index contributed by atoms with van der Waals surface area (Å²) in [7, 11) is 0. The summed E-state index contributed by atoms with van der Waals surface area (Å²) >= 11 is 3.17. The topological polar surface area (TPSA) is 69.2 Å². The van der Waals surface area contributed by atoms with E-state index in [4.69, 9.17) is 5.73 Å². The number of hydrogen-bond acceptors (Lipinski definition) is 3. The molecule has 0 aromatic heterocycles. The van der Waals surface area contributed by atoms with Gasteiger partial charge in [0.25, 0.3) is 5.69 Å². The third-order valence-corrected chi connectivity index (χ3v) is 2.69. The fourth-order valence-corrected chi connectivity index (χ4v) is 1.84. The van der Waals surface area contributed by atoms with Crippen LogP contribution in [0.15, 0.2) is 16.6 Å². The summed E-state index contributed by atoms with van der Waals surface area (Å²) < 4.78 is 0.486. The van der Waals surface area contributed by atoms with Crippen LogP contribution in [-0.2, 0) is 6.54 Å². The summed E-state index contributed by atoms with van der Waals surface area (Å²) in [6.45, 7) is 1.99. The van der Waals surface area contributed by atoms with E-state index >= 15 is 0 Å². The average molecular weight is 245 g/mol. The number of nitrogens with zero attached hydrogens (tertiary/aromatic N) is 1. The Morgan fingerprint density at radius 2 is 2.23 bits per heavy atom. The van der Waals surface area contributed by atoms with Crippen LogP contribution in [-0.4, -0.2) is 4.92 Å². The molecule has 0 aliphatic heterocycles. The molecule has 0 unspecified atom stereocenters. The molecule has 70 valence electrons. The van der Waals surface area contributed by atoms with Crippen LogP contribution >= 0.6 is 15.9 Å². The molecule has 1 aromatic rings. The van der Waals surface area contributed by atoms with Crippen LogP contribution in [0.1, 0.15) is 11.1 Å². The normalized spacial score (nSPS) is 10.1. The minimum Gasteiger partial charge on any atom is -0.326 e. The van der Waals surface area contributed by atoms with E-state index in [0.29, 0.717) is 16.6 Å². The van der Waals surface area contributed by atoms with E-state index in [0.717, 1.165) is 5.56 Å². The Bertz CT molecular complexity index is 352. The van der Waals surface area contributed by atoms with Gasteiger partial charge in [0.15, 0.2) is 0 Å². The predicted molar refractivity (Wildman–Crippen MR) is 53.4 cm³/mol. The molecule has 0 atom stereocenters. The first-order chi connectivity index (χ1) is 6.07. The zero-order chi connectivity index (χ0) is 10.0. The number of rotatable bonds is 2. The first-order valence-electron chi connectivity index (χ1n) is 3.70. The molecule has 5 heteroatoms. The second-order valence-corrected chi connectivity index (χ2v) is 3.46. The molecule has 1 aromatic carbocycles. The van der Waals surface area contributed by atoms with E-state index in [9.17, 15) is 10.1 Å². The van der Waals surface area contributed by atoms with Gasteiger partial charge in [-0.05, 0) is 28.4 Å². The summed E-state index contributed by atoms with van der Waals surface area (Å²) in [4.78, 5) is 10.2. The van der Waals surface area contributed by atoms with E-state index < -0.39 is 4.92 Å². The summed E-state index contributed by atoms with van der Waals surface area (Å²) in [5.74, 6) is 0. The molecule has 0 heterocycles. The predicted octanol–water partition coefficient (Wildman–Crippen LogP) is 2.12. The second kappa shape index (κ2) is 3.85. The van der Waals surface area contributed by atoms with E-state index in [1.54, 1.807) is 19.1 Å². The van der Waals surface area contributed by atoms with Gasteiger partial charge in [0.2, 0.25) is 0 Å². The Hall–Kier alpha value is -0.940. The van der Waals surface area contributed by atoms with Crippen molar-refractivity contribution < 1.29 is 4.92 Å². The molecule has 0 saturated carbocycles. The highest BCUT2D eigenvalue weighted by Crippen LogP contribution is 2.31. The molecule has 0 amide bonds. The lowest BCUT2D eigenvalue weighted by atomic mass is 10.1. The van der Waals surface area contributed by atoms with Gasteiger partial charge in [-0.2, -0.15) is 0 Å². The van der Waals surface area contributed by atoms with Gasteiger partial charge < -0.3 is 5.73 Å². The third kappa shape index (κ3) is 1.87. The Morgan fingerprint density at radius 1 is 1.62 bits per heavy atom. The number of benzene rings is 1. The molecule has 13 heavy (non-hydrogen) atoms. The highest BCUT2D eigenvalue weighted by atomic mass is 79.9. The smallest absolute Gasteiger partial charge is 0.286 e. The Kier molecular flexibility index (Phi) is 3.00. The largest absolute Gasteiger partial charge is 0.326 e. The van der Waals surface area contributed by atoms with Gasteiger partial charge in [-0.3, -0.25) is 10.1 Å². The van der Waals surface area contributed by atoms with Crippen LogP contribution in [0.25, 0.3) is 0 Å². The maximum absolute atomic E-state index is 10.6. The summed E-state index contributed by atoms with van der Waals surface area (Å²) in [5.41, 5.74) is 6.90. The van der Waals surface area contributed by atoms with Crippen LogP contribution in [0.3, 0.4) is 0 Å². The van der Waals surface area contributed by atoms with Gasteiger partial charge >= 0.3 is 0 Å². The van der Waals surface area contributed by atoms with Gasteiger partial charge in [0.1, 0.15) is 0 Å². The van der Waals surface area contributed by atoms with Crippen molar-refractivity contribution in [1.82, 2.24) is 0 Å². The van der Waals surface area contributed by atoms with Crippen molar-refractivity contribution in [2.24, 2.45) is 5.73 Å². The molecule has 0 bridgehead atoms. The van der Waals surface area contributed by atoms with Crippen molar-refractivity contribution in [2.45, 2.75) is 13.5 Å². The lowest BCUT2D eigenvalue weighted by molar-refractivity contribution is -0.386. The van der Waals surface area contributed by atoms with Crippen LogP contribution in [0.2, 0.25) is 0 Å². The maximum Gasteiger partial charge on any atom is 0.286 e. The van der Waals surface area contributed by atoms with Gasteiger partial charge in [0, 0.05) is 12.1 Å². The molecule has 0 radical (unpaired) electrons. The zero-order valence-electron chi connectivity index (χ0n) is 7.08. The highest BCUT2D eigenvalue weighted by molar-refractivity contribution is 9.10. The van der Waals surface area contributed by atoms with Crippen molar-refractivity contribution in [1.29, 1.82) is 0 Å². The minimum atomic E-state index is -0.404. The monoisotopic (exact) mass is 244 g/mol. The summed E-state index contributed by atoms with van der Waals surface area (Å²) in [5, 5.41) is 10.6. The van der Waals surface area contributed by atoms with Crippen molar-refractivity contribution in [2.75, 3.05) is 0 Å².